The molecule has 1 aromatic carbocycles. The number of benzene rings is 1. The van der Waals surface area contributed by atoms with Crippen LogP contribution in [-0.2, 0) is 11.2 Å². The Bertz CT molecular complexity index is 599. The van der Waals surface area contributed by atoms with Crippen LogP contribution in [-0.4, -0.2) is 16.1 Å². The fourth-order valence-corrected chi connectivity index (χ4v) is 1.72. The van der Waals surface area contributed by atoms with Crippen LogP contribution < -0.4 is 5.73 Å². The van der Waals surface area contributed by atoms with Crippen LogP contribution in [0, 0.1) is 5.82 Å². The van der Waals surface area contributed by atoms with Gasteiger partial charge in [-0.3, -0.25) is 4.79 Å². The van der Waals surface area contributed by atoms with E-state index in [1.807, 2.05) is 0 Å². The number of hydrogen-bond donors (Lipinski definition) is 2. The largest absolute Gasteiger partial charge is 0.481 e. The molecule has 2 rings (SSSR count). The van der Waals surface area contributed by atoms with E-state index in [1.165, 1.54) is 12.1 Å². The molecule has 18 heavy (non-hydrogen) atoms. The summed E-state index contributed by atoms with van der Waals surface area (Å²) in [4.78, 5) is 14.7. The highest BCUT2D eigenvalue weighted by Crippen LogP contribution is 2.26. The predicted molar refractivity (Wildman–Crippen MR) is 65.4 cm³/mol. The number of nitrogens with two attached hydrogens (primary N) is 1. The highest BCUT2D eigenvalue weighted by atomic mass is 19.1. The van der Waals surface area contributed by atoms with Crippen LogP contribution in [0.2, 0.25) is 0 Å². The number of aromatic nitrogens is 1. The molecule has 0 radical (unpaired) electrons. The van der Waals surface area contributed by atoms with Crippen molar-refractivity contribution in [2.24, 2.45) is 0 Å². The highest BCUT2D eigenvalue weighted by Gasteiger charge is 2.13. The van der Waals surface area contributed by atoms with Gasteiger partial charge in [-0.05, 0) is 18.2 Å². The summed E-state index contributed by atoms with van der Waals surface area (Å²) in [6, 6.07) is 9.25. The molecule has 0 aliphatic heterocycles. The maximum atomic E-state index is 13.7. The molecule has 0 bridgehead atoms. The molecular weight excluding hydrogens is 235 g/mol. The summed E-state index contributed by atoms with van der Waals surface area (Å²) < 4.78 is 13.7. The summed E-state index contributed by atoms with van der Waals surface area (Å²) in [5.41, 5.74) is 6.55. The summed E-state index contributed by atoms with van der Waals surface area (Å²) in [6.45, 7) is 0. The van der Waals surface area contributed by atoms with Crippen molar-refractivity contribution in [1.82, 2.24) is 4.98 Å². The molecule has 0 saturated heterocycles. The van der Waals surface area contributed by atoms with Gasteiger partial charge in [0, 0.05) is 11.1 Å². The topological polar surface area (TPSA) is 76.2 Å². The van der Waals surface area contributed by atoms with E-state index in [-0.39, 0.29) is 17.9 Å². The molecule has 0 amide bonds. The van der Waals surface area contributed by atoms with Gasteiger partial charge in [0.2, 0.25) is 0 Å². The Morgan fingerprint density at radius 3 is 2.61 bits per heavy atom. The molecule has 0 saturated carbocycles. The smallest absolute Gasteiger partial charge is 0.309 e. The molecule has 2 aromatic rings. The van der Waals surface area contributed by atoms with Crippen molar-refractivity contribution in [1.29, 1.82) is 0 Å². The van der Waals surface area contributed by atoms with Crippen LogP contribution in [0.3, 0.4) is 0 Å². The standard InChI is InChI=1S/C13H11FN2O2/c14-10-4-2-1-3-8(10)9-5-6-12(15)16-11(9)7-13(17)18/h1-6H,7H2,(H2,15,16)(H,17,18). The second-order valence-electron chi connectivity index (χ2n) is 3.78. The van der Waals surface area contributed by atoms with Gasteiger partial charge in [-0.2, -0.15) is 0 Å². The van der Waals surface area contributed by atoms with Crippen LogP contribution in [0.5, 0.6) is 0 Å². The number of halogens is 1. The lowest BCUT2D eigenvalue weighted by Crippen LogP contribution is -2.06. The SMILES string of the molecule is Nc1ccc(-c2ccccc2F)c(CC(=O)O)n1. The van der Waals surface area contributed by atoms with Crippen LogP contribution in [0.25, 0.3) is 11.1 Å². The normalized spacial score (nSPS) is 10.3. The first kappa shape index (κ1) is 12.0. The van der Waals surface area contributed by atoms with Gasteiger partial charge in [0.25, 0.3) is 0 Å². The fraction of sp³-hybridized carbons (Fsp3) is 0.0769. The van der Waals surface area contributed by atoms with Crippen molar-refractivity contribution in [3.05, 3.63) is 47.9 Å². The van der Waals surface area contributed by atoms with Crippen LogP contribution >= 0.6 is 0 Å². The molecule has 0 atom stereocenters. The molecular formula is C13H11FN2O2. The van der Waals surface area contributed by atoms with E-state index in [1.54, 1.807) is 24.3 Å². The number of anilines is 1. The minimum Gasteiger partial charge on any atom is -0.481 e. The Labute approximate surface area is 103 Å². The minimum absolute atomic E-state index is 0.214. The number of nitrogens with zero attached hydrogens (tertiary/aromatic N) is 1. The summed E-state index contributed by atoms with van der Waals surface area (Å²) in [5, 5.41) is 8.82. The lowest BCUT2D eigenvalue weighted by atomic mass is 10.0. The van der Waals surface area contributed by atoms with Crippen LogP contribution in [0.15, 0.2) is 36.4 Å². The van der Waals surface area contributed by atoms with Crippen molar-refractivity contribution >= 4 is 11.8 Å². The average molecular weight is 246 g/mol. The lowest BCUT2D eigenvalue weighted by molar-refractivity contribution is -0.136. The zero-order valence-corrected chi connectivity index (χ0v) is 9.43. The quantitative estimate of drug-likeness (QED) is 0.869. The first-order chi connectivity index (χ1) is 8.58. The Kier molecular flexibility index (Phi) is 3.23. The highest BCUT2D eigenvalue weighted by molar-refractivity contribution is 5.76. The number of carbonyl (C=O) groups is 1. The summed E-state index contributed by atoms with van der Waals surface area (Å²) in [7, 11) is 0. The summed E-state index contributed by atoms with van der Waals surface area (Å²) >= 11 is 0. The number of carboxylic acid groups (broad SMARTS) is 1. The van der Waals surface area contributed by atoms with Gasteiger partial charge in [-0.25, -0.2) is 9.37 Å². The number of aliphatic carboxylic acids is 1. The molecule has 0 spiro atoms. The lowest BCUT2D eigenvalue weighted by Gasteiger charge is -2.09. The molecule has 5 heteroatoms. The monoisotopic (exact) mass is 246 g/mol. The van der Waals surface area contributed by atoms with E-state index in [2.05, 4.69) is 4.98 Å². The van der Waals surface area contributed by atoms with E-state index in [0.717, 1.165) is 0 Å². The van der Waals surface area contributed by atoms with E-state index in [0.29, 0.717) is 11.1 Å². The molecule has 92 valence electrons. The van der Waals surface area contributed by atoms with Crippen molar-refractivity contribution in [3.63, 3.8) is 0 Å². The van der Waals surface area contributed by atoms with Crippen molar-refractivity contribution < 1.29 is 14.3 Å². The van der Waals surface area contributed by atoms with E-state index in [4.69, 9.17) is 10.8 Å². The van der Waals surface area contributed by atoms with Crippen molar-refractivity contribution in [2.75, 3.05) is 5.73 Å². The minimum atomic E-state index is -1.04. The molecule has 1 aromatic heterocycles. The fourth-order valence-electron chi connectivity index (χ4n) is 1.72. The second-order valence-corrected chi connectivity index (χ2v) is 3.78. The van der Waals surface area contributed by atoms with Gasteiger partial charge < -0.3 is 10.8 Å². The van der Waals surface area contributed by atoms with Gasteiger partial charge in [0.05, 0.1) is 12.1 Å². The molecule has 4 nitrogen and oxygen atoms in total. The Balaban J connectivity index is 2.57. The van der Waals surface area contributed by atoms with E-state index < -0.39 is 11.8 Å². The second kappa shape index (κ2) is 4.83. The zero-order valence-electron chi connectivity index (χ0n) is 9.43. The maximum absolute atomic E-state index is 13.7. The Morgan fingerprint density at radius 2 is 1.94 bits per heavy atom. The number of hydrogen-bond acceptors (Lipinski definition) is 3. The van der Waals surface area contributed by atoms with Gasteiger partial charge in [0.1, 0.15) is 11.6 Å². The first-order valence-electron chi connectivity index (χ1n) is 5.30. The average Bonchev–Trinajstić information content (AvgIpc) is 2.30. The van der Waals surface area contributed by atoms with E-state index >= 15 is 0 Å². The summed E-state index contributed by atoms with van der Waals surface area (Å²) in [5.74, 6) is -1.24. The van der Waals surface area contributed by atoms with Crippen molar-refractivity contribution in [2.45, 2.75) is 6.42 Å². The third-order valence-electron chi connectivity index (χ3n) is 2.48. The predicted octanol–water partition coefficient (Wildman–Crippen LogP) is 2.10. The number of carboxylic acids is 1. The third kappa shape index (κ3) is 2.45. The third-order valence-corrected chi connectivity index (χ3v) is 2.48. The summed E-state index contributed by atoms with van der Waals surface area (Å²) in [6.07, 6.45) is -0.297. The maximum Gasteiger partial charge on any atom is 0.309 e. The molecule has 0 fully saturated rings. The number of nitrogen functional groups attached to an aromatic ring is 1. The molecule has 0 aliphatic carbocycles. The molecule has 3 N–H and O–H groups in total. The molecule has 0 unspecified atom stereocenters. The van der Waals surface area contributed by atoms with Crippen LogP contribution in [0.4, 0.5) is 10.2 Å². The van der Waals surface area contributed by atoms with E-state index in [9.17, 15) is 9.18 Å². The van der Waals surface area contributed by atoms with Crippen molar-refractivity contribution in [3.8, 4) is 11.1 Å². The first-order valence-corrected chi connectivity index (χ1v) is 5.30. The Hall–Kier alpha value is -2.43. The van der Waals surface area contributed by atoms with Gasteiger partial charge in [0.15, 0.2) is 0 Å². The van der Waals surface area contributed by atoms with Crippen LogP contribution in [0.1, 0.15) is 5.69 Å². The van der Waals surface area contributed by atoms with Gasteiger partial charge >= 0.3 is 5.97 Å². The van der Waals surface area contributed by atoms with Gasteiger partial charge in [-0.1, -0.05) is 18.2 Å². The number of rotatable bonds is 3. The molecule has 1 heterocycles. The van der Waals surface area contributed by atoms with Gasteiger partial charge in [-0.15, -0.1) is 0 Å². The Morgan fingerprint density at radius 1 is 1.22 bits per heavy atom. The zero-order chi connectivity index (χ0) is 13.1. The number of pyridine rings is 1. The molecule has 0 aliphatic rings.